The highest BCUT2D eigenvalue weighted by atomic mass is 32.1. The molecule has 0 saturated heterocycles. The zero-order valence-electron chi connectivity index (χ0n) is 32.9. The quantitative estimate of drug-likeness (QED) is 0.148. The lowest BCUT2D eigenvalue weighted by Crippen LogP contribution is -2.11. The number of nitrogens with zero attached hydrogens (tertiary/aromatic N) is 1. The zero-order chi connectivity index (χ0) is 39.8. The van der Waals surface area contributed by atoms with Crippen LogP contribution in [0.25, 0.3) is 86.6 Å². The standard InChI is InChI=1S/C58H39NS/c1-4-15-42(16-5-1)51-33-28-47(37-55(51)44-19-8-3-9-20-44)41-26-30-49(31-27-41)59(50-32-35-54-53-22-12-13-23-57(53)60-58(54)39-50)56-38-48(29-34-52(56)43-17-6-2-7-18-43)46-25-24-40-14-10-11-21-45(40)36-46/h1-39H. The molecule has 0 atom stereocenters. The molecule has 0 aliphatic heterocycles. The summed E-state index contributed by atoms with van der Waals surface area (Å²) in [6.45, 7) is 0. The first-order valence-electron chi connectivity index (χ1n) is 20.5. The van der Waals surface area contributed by atoms with Gasteiger partial charge in [0, 0.05) is 37.1 Å². The van der Waals surface area contributed by atoms with Crippen LogP contribution < -0.4 is 4.90 Å². The number of fused-ring (bicyclic) bond motifs is 4. The maximum absolute atomic E-state index is 2.45. The smallest absolute Gasteiger partial charge is 0.0546 e. The minimum absolute atomic E-state index is 1.09. The number of anilines is 3. The van der Waals surface area contributed by atoms with Crippen LogP contribution in [0.1, 0.15) is 0 Å². The highest BCUT2D eigenvalue weighted by molar-refractivity contribution is 7.25. The Bertz CT molecular complexity index is 3290. The lowest BCUT2D eigenvalue weighted by atomic mass is 9.91. The molecule has 0 amide bonds. The van der Waals surface area contributed by atoms with Gasteiger partial charge in [-0.3, -0.25) is 0 Å². The number of hydrogen-bond donors (Lipinski definition) is 0. The number of benzene rings is 10. The van der Waals surface area contributed by atoms with Gasteiger partial charge in [0.15, 0.2) is 0 Å². The maximum atomic E-state index is 2.45. The summed E-state index contributed by atoms with van der Waals surface area (Å²) in [6, 6.07) is 86.3. The van der Waals surface area contributed by atoms with Crippen LogP contribution in [-0.2, 0) is 0 Å². The van der Waals surface area contributed by atoms with E-state index in [0.717, 1.165) is 17.1 Å². The maximum Gasteiger partial charge on any atom is 0.0546 e. The second kappa shape index (κ2) is 15.3. The first-order chi connectivity index (χ1) is 29.7. The van der Waals surface area contributed by atoms with Crippen molar-refractivity contribution < 1.29 is 0 Å². The van der Waals surface area contributed by atoms with Crippen LogP contribution in [-0.4, -0.2) is 0 Å². The van der Waals surface area contributed by atoms with E-state index in [1.165, 1.54) is 86.6 Å². The van der Waals surface area contributed by atoms with Crippen molar-refractivity contribution >= 4 is 59.3 Å². The SMILES string of the molecule is c1ccc(-c2ccc(-c3ccc(N(c4ccc5c(c4)sc4ccccc45)c4cc(-c5ccc6ccccc6c5)ccc4-c4ccccc4)cc3)cc2-c2ccccc2)cc1. The van der Waals surface area contributed by atoms with Crippen molar-refractivity contribution in [2.45, 2.75) is 0 Å². The van der Waals surface area contributed by atoms with Crippen LogP contribution in [0.15, 0.2) is 237 Å². The van der Waals surface area contributed by atoms with Crippen molar-refractivity contribution in [3.05, 3.63) is 237 Å². The van der Waals surface area contributed by atoms with E-state index in [4.69, 9.17) is 0 Å². The number of thiophene rings is 1. The van der Waals surface area contributed by atoms with Gasteiger partial charge in [-0.15, -0.1) is 11.3 Å². The molecular formula is C58H39NS. The van der Waals surface area contributed by atoms with E-state index >= 15 is 0 Å². The average Bonchev–Trinajstić information content (AvgIpc) is 3.70. The molecule has 0 aliphatic rings. The van der Waals surface area contributed by atoms with E-state index in [1.54, 1.807) is 0 Å². The molecule has 10 aromatic carbocycles. The van der Waals surface area contributed by atoms with E-state index in [-0.39, 0.29) is 0 Å². The second-order valence-corrected chi connectivity index (χ2v) is 16.4. The Labute approximate surface area is 354 Å². The van der Waals surface area contributed by atoms with E-state index in [2.05, 4.69) is 241 Å². The van der Waals surface area contributed by atoms with Crippen molar-refractivity contribution in [2.75, 3.05) is 4.90 Å². The van der Waals surface area contributed by atoms with Crippen LogP contribution >= 0.6 is 11.3 Å². The fourth-order valence-corrected chi connectivity index (χ4v) is 9.80. The summed E-state index contributed by atoms with van der Waals surface area (Å²) in [5.41, 5.74) is 15.3. The molecule has 11 aromatic rings. The highest BCUT2D eigenvalue weighted by Gasteiger charge is 2.20. The average molecular weight is 782 g/mol. The van der Waals surface area contributed by atoms with Crippen molar-refractivity contribution in [2.24, 2.45) is 0 Å². The Kier molecular flexibility index (Phi) is 9.11. The summed E-state index contributed by atoms with van der Waals surface area (Å²) >= 11 is 1.86. The van der Waals surface area contributed by atoms with Gasteiger partial charge in [0.2, 0.25) is 0 Å². The summed E-state index contributed by atoms with van der Waals surface area (Å²) in [4.78, 5) is 2.45. The van der Waals surface area contributed by atoms with E-state index in [9.17, 15) is 0 Å². The third-order valence-corrected chi connectivity index (χ3v) is 12.8. The van der Waals surface area contributed by atoms with Crippen molar-refractivity contribution in [1.82, 2.24) is 0 Å². The molecule has 0 unspecified atom stereocenters. The monoisotopic (exact) mass is 781 g/mol. The van der Waals surface area contributed by atoms with E-state index < -0.39 is 0 Å². The van der Waals surface area contributed by atoms with Crippen LogP contribution in [0.3, 0.4) is 0 Å². The van der Waals surface area contributed by atoms with Crippen molar-refractivity contribution in [1.29, 1.82) is 0 Å². The topological polar surface area (TPSA) is 3.24 Å². The lowest BCUT2D eigenvalue weighted by Gasteiger charge is -2.29. The van der Waals surface area contributed by atoms with Gasteiger partial charge in [0.05, 0.1) is 5.69 Å². The van der Waals surface area contributed by atoms with E-state index in [1.807, 2.05) is 11.3 Å². The Hall–Kier alpha value is -7.52. The van der Waals surface area contributed by atoms with Crippen LogP contribution in [0, 0.1) is 0 Å². The lowest BCUT2D eigenvalue weighted by molar-refractivity contribution is 1.29. The third-order valence-electron chi connectivity index (χ3n) is 11.7. The molecule has 11 rings (SSSR count). The molecular weight excluding hydrogens is 743 g/mol. The minimum atomic E-state index is 1.09. The largest absolute Gasteiger partial charge is 0.310 e. The van der Waals surface area contributed by atoms with Crippen LogP contribution in [0.2, 0.25) is 0 Å². The molecule has 0 fully saturated rings. The predicted molar refractivity (Wildman–Crippen MR) is 259 cm³/mol. The summed E-state index contributed by atoms with van der Waals surface area (Å²) < 4.78 is 2.58. The number of hydrogen-bond acceptors (Lipinski definition) is 2. The fraction of sp³-hybridized carbons (Fsp3) is 0. The van der Waals surface area contributed by atoms with Gasteiger partial charge in [0.25, 0.3) is 0 Å². The van der Waals surface area contributed by atoms with Crippen molar-refractivity contribution in [3.8, 4) is 55.6 Å². The molecule has 1 nitrogen and oxygen atoms in total. The normalized spacial score (nSPS) is 11.3. The highest BCUT2D eigenvalue weighted by Crippen LogP contribution is 2.46. The minimum Gasteiger partial charge on any atom is -0.310 e. The summed E-state index contributed by atoms with van der Waals surface area (Å²) in [5.74, 6) is 0. The van der Waals surface area contributed by atoms with Gasteiger partial charge in [-0.05, 0) is 109 Å². The van der Waals surface area contributed by atoms with Gasteiger partial charge in [0.1, 0.15) is 0 Å². The van der Waals surface area contributed by atoms with Gasteiger partial charge < -0.3 is 4.90 Å². The summed E-state index contributed by atoms with van der Waals surface area (Å²) in [7, 11) is 0. The van der Waals surface area contributed by atoms with Crippen LogP contribution in [0.4, 0.5) is 17.1 Å². The zero-order valence-corrected chi connectivity index (χ0v) is 33.7. The number of rotatable bonds is 8. The van der Waals surface area contributed by atoms with Gasteiger partial charge >= 0.3 is 0 Å². The second-order valence-electron chi connectivity index (χ2n) is 15.3. The first kappa shape index (κ1) is 35.6. The molecule has 0 N–H and O–H groups in total. The Balaban J connectivity index is 1.09. The van der Waals surface area contributed by atoms with Crippen LogP contribution in [0.5, 0.6) is 0 Å². The van der Waals surface area contributed by atoms with Gasteiger partial charge in [-0.25, -0.2) is 0 Å². The first-order valence-corrected chi connectivity index (χ1v) is 21.3. The molecule has 1 heterocycles. The van der Waals surface area contributed by atoms with Crippen molar-refractivity contribution in [3.63, 3.8) is 0 Å². The Morgan fingerprint density at radius 1 is 0.267 bits per heavy atom. The molecule has 282 valence electrons. The molecule has 0 aliphatic carbocycles. The summed E-state index contributed by atoms with van der Waals surface area (Å²) in [5, 5.41) is 5.07. The molecule has 1 aromatic heterocycles. The van der Waals surface area contributed by atoms with Gasteiger partial charge in [-0.1, -0.05) is 188 Å². The Morgan fingerprint density at radius 3 is 1.52 bits per heavy atom. The predicted octanol–water partition coefficient (Wildman–Crippen LogP) is 17.0. The molecule has 2 heteroatoms. The molecule has 0 saturated carbocycles. The third kappa shape index (κ3) is 6.63. The Morgan fingerprint density at radius 2 is 0.783 bits per heavy atom. The fourth-order valence-electron chi connectivity index (χ4n) is 8.66. The molecule has 0 bridgehead atoms. The molecule has 60 heavy (non-hydrogen) atoms. The molecule has 0 spiro atoms. The van der Waals surface area contributed by atoms with E-state index in [0.29, 0.717) is 0 Å². The van der Waals surface area contributed by atoms with Gasteiger partial charge in [-0.2, -0.15) is 0 Å². The summed E-state index contributed by atoms with van der Waals surface area (Å²) in [6.07, 6.45) is 0. The molecule has 0 radical (unpaired) electrons.